The van der Waals surface area contributed by atoms with Crippen LogP contribution in [0.5, 0.6) is 0 Å². The van der Waals surface area contributed by atoms with Gasteiger partial charge in [-0.3, -0.25) is 9.59 Å². The van der Waals surface area contributed by atoms with Gasteiger partial charge in [0.25, 0.3) is 11.8 Å². The minimum atomic E-state index is -1.08. The Bertz CT molecular complexity index is 1100. The first kappa shape index (κ1) is 20.4. The van der Waals surface area contributed by atoms with Crippen LogP contribution in [0.3, 0.4) is 0 Å². The van der Waals surface area contributed by atoms with Gasteiger partial charge in [0.1, 0.15) is 6.07 Å². The lowest BCUT2D eigenvalue weighted by Gasteiger charge is -2.14. The largest absolute Gasteiger partial charge is 0.459 e. The van der Waals surface area contributed by atoms with Crippen LogP contribution in [0.15, 0.2) is 71.3 Å². The molecule has 0 fully saturated rings. The predicted molar refractivity (Wildman–Crippen MR) is 108 cm³/mol. The summed E-state index contributed by atoms with van der Waals surface area (Å²) >= 11 is 0. The molecule has 3 rings (SSSR count). The van der Waals surface area contributed by atoms with E-state index in [9.17, 15) is 14.4 Å². The van der Waals surface area contributed by atoms with Gasteiger partial charge in [0.05, 0.1) is 23.1 Å². The van der Waals surface area contributed by atoms with Crippen molar-refractivity contribution in [1.29, 1.82) is 5.26 Å². The molecule has 0 saturated carbocycles. The summed E-state index contributed by atoms with van der Waals surface area (Å²) in [6, 6.07) is 17.6. The summed E-state index contributed by atoms with van der Waals surface area (Å²) in [5, 5.41) is 14.3. The fourth-order valence-electron chi connectivity index (χ4n) is 2.50. The molecule has 0 aliphatic rings. The number of furan rings is 1. The van der Waals surface area contributed by atoms with Crippen molar-refractivity contribution < 1.29 is 23.5 Å². The van der Waals surface area contributed by atoms with E-state index in [4.69, 9.17) is 14.4 Å². The lowest BCUT2D eigenvalue weighted by atomic mass is 10.2. The number of esters is 1. The lowest BCUT2D eigenvalue weighted by molar-refractivity contribution is -0.123. The number of nitriles is 1. The molecule has 1 atom stereocenters. The van der Waals surface area contributed by atoms with Crippen molar-refractivity contribution >= 4 is 29.2 Å². The molecule has 0 bridgehead atoms. The number of rotatable bonds is 6. The number of nitrogens with one attached hydrogen (secondary N) is 2. The average molecular weight is 403 g/mol. The number of hydrogen-bond donors (Lipinski definition) is 2. The number of carbonyl (C=O) groups excluding carboxylic acids is 3. The fraction of sp³-hybridized carbons (Fsp3) is 0.0909. The Balaban J connectivity index is 1.58. The SMILES string of the molecule is C[C@@H](OC(=O)c1ccc(NC(=O)c2ccco2)cc1)C(=O)Nc1ccccc1C#N. The van der Waals surface area contributed by atoms with Gasteiger partial charge < -0.3 is 19.8 Å². The first-order valence-corrected chi connectivity index (χ1v) is 8.94. The van der Waals surface area contributed by atoms with Crippen molar-refractivity contribution in [2.45, 2.75) is 13.0 Å². The van der Waals surface area contributed by atoms with Crippen LogP contribution in [0.1, 0.15) is 33.4 Å². The van der Waals surface area contributed by atoms with E-state index in [1.807, 2.05) is 6.07 Å². The maximum Gasteiger partial charge on any atom is 0.338 e. The molecule has 0 saturated heterocycles. The number of hydrogen-bond acceptors (Lipinski definition) is 6. The maximum absolute atomic E-state index is 12.3. The molecule has 30 heavy (non-hydrogen) atoms. The highest BCUT2D eigenvalue weighted by Crippen LogP contribution is 2.16. The second-order valence-corrected chi connectivity index (χ2v) is 6.20. The highest BCUT2D eigenvalue weighted by Gasteiger charge is 2.20. The molecule has 0 unspecified atom stereocenters. The molecule has 0 aliphatic carbocycles. The van der Waals surface area contributed by atoms with E-state index in [0.29, 0.717) is 16.9 Å². The van der Waals surface area contributed by atoms with Crippen LogP contribution < -0.4 is 10.6 Å². The second-order valence-electron chi connectivity index (χ2n) is 6.20. The number of anilines is 2. The van der Waals surface area contributed by atoms with Crippen LogP contribution in [0, 0.1) is 11.3 Å². The monoisotopic (exact) mass is 403 g/mol. The van der Waals surface area contributed by atoms with Crippen molar-refractivity contribution in [3.63, 3.8) is 0 Å². The smallest absolute Gasteiger partial charge is 0.338 e. The van der Waals surface area contributed by atoms with Crippen LogP contribution in [-0.2, 0) is 9.53 Å². The predicted octanol–water partition coefficient (Wildman–Crippen LogP) is 3.59. The van der Waals surface area contributed by atoms with Gasteiger partial charge in [-0.1, -0.05) is 12.1 Å². The Labute approximate surface area is 172 Å². The van der Waals surface area contributed by atoms with Gasteiger partial charge >= 0.3 is 5.97 Å². The third kappa shape index (κ3) is 4.91. The highest BCUT2D eigenvalue weighted by molar-refractivity contribution is 6.02. The number of benzene rings is 2. The summed E-state index contributed by atoms with van der Waals surface area (Å²) in [5.41, 5.74) is 1.32. The molecule has 2 aromatic carbocycles. The minimum absolute atomic E-state index is 0.163. The number of carbonyl (C=O) groups is 3. The van der Waals surface area contributed by atoms with Gasteiger partial charge in [-0.2, -0.15) is 5.26 Å². The molecule has 2 N–H and O–H groups in total. The molecule has 1 heterocycles. The topological polar surface area (TPSA) is 121 Å². The third-order valence-electron chi connectivity index (χ3n) is 4.08. The quantitative estimate of drug-likeness (QED) is 0.607. The summed E-state index contributed by atoms with van der Waals surface area (Å²) in [7, 11) is 0. The van der Waals surface area contributed by atoms with E-state index in [0.717, 1.165) is 0 Å². The van der Waals surface area contributed by atoms with E-state index >= 15 is 0 Å². The van der Waals surface area contributed by atoms with Gasteiger partial charge in [-0.25, -0.2) is 4.79 Å². The molecule has 0 radical (unpaired) electrons. The standard InChI is InChI=1S/C22H17N3O5/c1-14(20(26)25-18-6-3-2-5-16(18)13-23)30-22(28)15-8-10-17(11-9-15)24-21(27)19-7-4-12-29-19/h2-12,14H,1H3,(H,24,27)(H,25,26)/t14-/m1/s1. The highest BCUT2D eigenvalue weighted by atomic mass is 16.5. The first-order valence-electron chi connectivity index (χ1n) is 8.94. The van der Waals surface area contributed by atoms with Crippen LogP contribution in [0.2, 0.25) is 0 Å². The number of ether oxygens (including phenoxy) is 1. The molecule has 150 valence electrons. The Hall–Kier alpha value is -4.38. The van der Waals surface area contributed by atoms with E-state index in [2.05, 4.69) is 10.6 Å². The summed E-state index contributed by atoms with van der Waals surface area (Å²) in [6.07, 6.45) is 0.312. The molecule has 2 amide bonds. The Morgan fingerprint density at radius 2 is 1.73 bits per heavy atom. The molecule has 3 aromatic rings. The molecule has 8 nitrogen and oxygen atoms in total. The maximum atomic E-state index is 12.3. The van der Waals surface area contributed by atoms with E-state index in [-0.39, 0.29) is 11.3 Å². The van der Waals surface area contributed by atoms with E-state index in [1.54, 1.807) is 30.3 Å². The summed E-state index contributed by atoms with van der Waals surface area (Å²) in [6.45, 7) is 1.43. The Morgan fingerprint density at radius 3 is 2.40 bits per heavy atom. The molecule has 1 aromatic heterocycles. The molecule has 0 aliphatic heterocycles. The van der Waals surface area contributed by atoms with Gasteiger partial charge in [-0.05, 0) is 55.5 Å². The van der Waals surface area contributed by atoms with Crippen molar-refractivity contribution in [2.24, 2.45) is 0 Å². The zero-order valence-corrected chi connectivity index (χ0v) is 15.9. The Kier molecular flexibility index (Phi) is 6.25. The Morgan fingerprint density at radius 1 is 1.00 bits per heavy atom. The second kappa shape index (κ2) is 9.21. The van der Waals surface area contributed by atoms with Gasteiger partial charge in [-0.15, -0.1) is 0 Å². The van der Waals surface area contributed by atoms with Crippen LogP contribution in [0.25, 0.3) is 0 Å². The van der Waals surface area contributed by atoms with E-state index in [1.165, 1.54) is 43.5 Å². The lowest BCUT2D eigenvalue weighted by Crippen LogP contribution is -2.30. The zero-order valence-electron chi connectivity index (χ0n) is 15.9. The normalized spacial score (nSPS) is 11.1. The minimum Gasteiger partial charge on any atom is -0.459 e. The average Bonchev–Trinajstić information content (AvgIpc) is 3.29. The van der Waals surface area contributed by atoms with Crippen molar-refractivity contribution in [3.05, 3.63) is 83.8 Å². The molecule has 8 heteroatoms. The van der Waals surface area contributed by atoms with Crippen LogP contribution in [0.4, 0.5) is 11.4 Å². The van der Waals surface area contributed by atoms with E-state index < -0.39 is 23.9 Å². The van der Waals surface area contributed by atoms with Gasteiger partial charge in [0.15, 0.2) is 11.9 Å². The summed E-state index contributed by atoms with van der Waals surface area (Å²) < 4.78 is 10.2. The van der Waals surface area contributed by atoms with Gasteiger partial charge in [0, 0.05) is 5.69 Å². The molecular weight excluding hydrogens is 386 g/mol. The number of amides is 2. The van der Waals surface area contributed by atoms with Gasteiger partial charge in [0.2, 0.25) is 0 Å². The summed E-state index contributed by atoms with van der Waals surface area (Å²) in [4.78, 5) is 36.5. The first-order chi connectivity index (χ1) is 14.5. The van der Waals surface area contributed by atoms with Crippen molar-refractivity contribution in [3.8, 4) is 6.07 Å². The van der Waals surface area contributed by atoms with Crippen molar-refractivity contribution in [2.75, 3.05) is 10.6 Å². The molecular formula is C22H17N3O5. The number of nitrogens with zero attached hydrogens (tertiary/aromatic N) is 1. The molecule has 0 spiro atoms. The van der Waals surface area contributed by atoms with Crippen LogP contribution >= 0.6 is 0 Å². The fourth-order valence-corrected chi connectivity index (χ4v) is 2.50. The summed E-state index contributed by atoms with van der Waals surface area (Å²) in [5.74, 6) is -1.52. The van der Waals surface area contributed by atoms with Crippen LogP contribution in [-0.4, -0.2) is 23.9 Å². The number of para-hydroxylation sites is 1. The third-order valence-corrected chi connectivity index (χ3v) is 4.08. The van der Waals surface area contributed by atoms with Crippen molar-refractivity contribution in [1.82, 2.24) is 0 Å². The zero-order chi connectivity index (χ0) is 21.5.